The summed E-state index contributed by atoms with van der Waals surface area (Å²) in [6, 6.07) is 28.0. The van der Waals surface area contributed by atoms with Gasteiger partial charge in [0.1, 0.15) is 11.6 Å². The number of nitrogens with zero attached hydrogens (tertiary/aromatic N) is 2. The number of carbonyl (C=O) groups is 1. The molecule has 0 aliphatic heterocycles. The number of carbonyl (C=O) groups excluding carboxylic acids is 1. The topological polar surface area (TPSA) is 73.2 Å². The lowest BCUT2D eigenvalue weighted by Crippen LogP contribution is -2.22. The van der Waals surface area contributed by atoms with Gasteiger partial charge in [-0.05, 0) is 54.8 Å². The molecular weight excluding hydrogens is 414 g/mol. The molecule has 33 heavy (non-hydrogen) atoms. The average molecular weight is 435 g/mol. The third-order valence-corrected chi connectivity index (χ3v) is 5.46. The van der Waals surface area contributed by atoms with Crippen LogP contribution in [0.4, 0.5) is 5.69 Å². The van der Waals surface area contributed by atoms with Gasteiger partial charge >= 0.3 is 0 Å². The molecule has 162 valence electrons. The zero-order valence-corrected chi connectivity index (χ0v) is 18.0. The number of fused-ring (bicyclic) bond motifs is 2. The van der Waals surface area contributed by atoms with E-state index in [1.54, 1.807) is 41.8 Å². The number of nitrogens with one attached hydrogen (secondary N) is 1. The van der Waals surface area contributed by atoms with Crippen LogP contribution in [0.5, 0.6) is 5.75 Å². The molecule has 4 aromatic carbocycles. The summed E-state index contributed by atoms with van der Waals surface area (Å²) < 4.78 is 7.32. The molecule has 1 N–H and O–H groups in total. The fourth-order valence-electron chi connectivity index (χ4n) is 3.90. The molecule has 0 fully saturated rings. The lowest BCUT2D eigenvalue weighted by Gasteiger charge is -2.12. The van der Waals surface area contributed by atoms with Gasteiger partial charge in [-0.2, -0.15) is 0 Å². The van der Waals surface area contributed by atoms with Crippen LogP contribution >= 0.6 is 0 Å². The highest BCUT2D eigenvalue weighted by Gasteiger charge is 2.11. The Balaban J connectivity index is 1.31. The van der Waals surface area contributed by atoms with Crippen LogP contribution in [0.3, 0.4) is 0 Å². The van der Waals surface area contributed by atoms with Gasteiger partial charge in [-0.3, -0.25) is 14.2 Å². The molecule has 5 aromatic rings. The van der Waals surface area contributed by atoms with E-state index in [2.05, 4.69) is 10.3 Å². The van der Waals surface area contributed by atoms with Gasteiger partial charge in [0.15, 0.2) is 6.61 Å². The molecule has 0 atom stereocenters. The average Bonchev–Trinajstić information content (AvgIpc) is 2.84. The van der Waals surface area contributed by atoms with Gasteiger partial charge in [-0.1, -0.05) is 48.5 Å². The Morgan fingerprint density at radius 2 is 1.58 bits per heavy atom. The fourth-order valence-corrected chi connectivity index (χ4v) is 3.90. The van der Waals surface area contributed by atoms with Crippen molar-refractivity contribution >= 4 is 33.3 Å². The molecule has 0 aliphatic carbocycles. The van der Waals surface area contributed by atoms with E-state index in [4.69, 9.17) is 4.74 Å². The first-order valence-electron chi connectivity index (χ1n) is 10.6. The molecule has 0 aliphatic rings. The summed E-state index contributed by atoms with van der Waals surface area (Å²) in [5.41, 5.74) is 1.84. The number of hydrogen-bond acceptors (Lipinski definition) is 4. The van der Waals surface area contributed by atoms with E-state index in [1.165, 1.54) is 0 Å². The molecule has 0 unspecified atom stereocenters. The maximum Gasteiger partial charge on any atom is 0.265 e. The van der Waals surface area contributed by atoms with Gasteiger partial charge in [-0.15, -0.1) is 0 Å². The third kappa shape index (κ3) is 4.06. The number of para-hydroxylation sites is 1. The molecule has 0 saturated heterocycles. The van der Waals surface area contributed by atoms with E-state index >= 15 is 0 Å². The van der Waals surface area contributed by atoms with Crippen molar-refractivity contribution in [1.82, 2.24) is 9.55 Å². The molecule has 1 amide bonds. The summed E-state index contributed by atoms with van der Waals surface area (Å²) >= 11 is 0. The predicted molar refractivity (Wildman–Crippen MR) is 130 cm³/mol. The number of hydrogen-bond donors (Lipinski definition) is 1. The number of amides is 1. The van der Waals surface area contributed by atoms with Crippen LogP contribution in [0.25, 0.3) is 27.4 Å². The molecule has 1 heterocycles. The third-order valence-electron chi connectivity index (χ3n) is 5.46. The highest BCUT2D eigenvalue weighted by molar-refractivity contribution is 5.93. The van der Waals surface area contributed by atoms with E-state index in [0.29, 0.717) is 33.9 Å². The fraction of sp³-hybridized carbons (Fsp3) is 0.0741. The van der Waals surface area contributed by atoms with E-state index in [9.17, 15) is 9.59 Å². The summed E-state index contributed by atoms with van der Waals surface area (Å²) in [5, 5.41) is 5.41. The monoisotopic (exact) mass is 435 g/mol. The first-order chi connectivity index (χ1) is 16.1. The van der Waals surface area contributed by atoms with Gasteiger partial charge in [0.2, 0.25) is 0 Å². The number of rotatable bonds is 5. The van der Waals surface area contributed by atoms with E-state index in [1.807, 2.05) is 60.7 Å². The highest BCUT2D eigenvalue weighted by atomic mass is 16.5. The Morgan fingerprint density at radius 3 is 2.39 bits per heavy atom. The molecule has 0 saturated carbocycles. The molecule has 0 radical (unpaired) electrons. The van der Waals surface area contributed by atoms with Crippen LogP contribution in [0.2, 0.25) is 0 Å². The van der Waals surface area contributed by atoms with Crippen molar-refractivity contribution in [2.45, 2.75) is 6.92 Å². The van der Waals surface area contributed by atoms with E-state index in [0.717, 1.165) is 10.8 Å². The standard InChI is InChI=1S/C27H21N3O3/c1-18-28-24-11-5-4-10-23(24)27(32)30(18)21-15-13-20(14-16-21)29-26(31)17-33-25-12-6-8-19-7-2-3-9-22(19)25/h2-16H,17H2,1H3,(H,29,31). The number of ether oxygens (including phenoxy) is 1. The van der Waals surface area contributed by atoms with Crippen LogP contribution < -0.4 is 15.6 Å². The summed E-state index contributed by atoms with van der Waals surface area (Å²) in [6.45, 7) is 1.69. The summed E-state index contributed by atoms with van der Waals surface area (Å²) in [4.78, 5) is 29.9. The number of benzene rings is 4. The quantitative estimate of drug-likeness (QED) is 0.428. The molecule has 5 rings (SSSR count). The molecule has 1 aromatic heterocycles. The minimum Gasteiger partial charge on any atom is -0.483 e. The number of aromatic nitrogens is 2. The zero-order valence-electron chi connectivity index (χ0n) is 18.0. The summed E-state index contributed by atoms with van der Waals surface area (Å²) in [5.74, 6) is 0.993. The van der Waals surface area contributed by atoms with Crippen LogP contribution in [-0.4, -0.2) is 22.1 Å². The van der Waals surface area contributed by atoms with E-state index in [-0.39, 0.29) is 18.1 Å². The van der Waals surface area contributed by atoms with Crippen molar-refractivity contribution in [3.63, 3.8) is 0 Å². The zero-order chi connectivity index (χ0) is 22.8. The minimum atomic E-state index is -0.267. The van der Waals surface area contributed by atoms with Crippen LogP contribution in [-0.2, 0) is 4.79 Å². The van der Waals surface area contributed by atoms with Crippen molar-refractivity contribution in [3.8, 4) is 11.4 Å². The summed E-state index contributed by atoms with van der Waals surface area (Å²) in [6.07, 6.45) is 0. The Morgan fingerprint density at radius 1 is 0.879 bits per heavy atom. The predicted octanol–water partition coefficient (Wildman–Crippen LogP) is 4.86. The lowest BCUT2D eigenvalue weighted by molar-refractivity contribution is -0.118. The van der Waals surface area contributed by atoms with Gasteiger partial charge in [0, 0.05) is 11.1 Å². The van der Waals surface area contributed by atoms with Crippen LogP contribution in [0.15, 0.2) is 95.8 Å². The first-order valence-corrected chi connectivity index (χ1v) is 10.6. The van der Waals surface area contributed by atoms with Crippen molar-refractivity contribution in [2.24, 2.45) is 0 Å². The van der Waals surface area contributed by atoms with Crippen molar-refractivity contribution < 1.29 is 9.53 Å². The molecule has 6 heteroatoms. The van der Waals surface area contributed by atoms with Crippen LogP contribution in [0.1, 0.15) is 5.82 Å². The largest absolute Gasteiger partial charge is 0.483 e. The summed E-state index contributed by atoms with van der Waals surface area (Å²) in [7, 11) is 0. The second-order valence-electron chi connectivity index (χ2n) is 7.68. The van der Waals surface area contributed by atoms with Gasteiger partial charge in [0.25, 0.3) is 11.5 Å². The van der Waals surface area contributed by atoms with Crippen molar-refractivity contribution in [1.29, 1.82) is 0 Å². The smallest absolute Gasteiger partial charge is 0.265 e. The Bertz CT molecular complexity index is 1530. The Labute approximate surface area is 190 Å². The second kappa shape index (κ2) is 8.59. The minimum absolute atomic E-state index is 0.108. The van der Waals surface area contributed by atoms with Gasteiger partial charge < -0.3 is 10.1 Å². The molecule has 0 bridgehead atoms. The van der Waals surface area contributed by atoms with Crippen molar-refractivity contribution in [3.05, 3.63) is 107 Å². The van der Waals surface area contributed by atoms with Gasteiger partial charge in [0.05, 0.1) is 16.6 Å². The highest BCUT2D eigenvalue weighted by Crippen LogP contribution is 2.25. The maximum atomic E-state index is 13.0. The maximum absolute atomic E-state index is 13.0. The van der Waals surface area contributed by atoms with Gasteiger partial charge in [-0.25, -0.2) is 4.98 Å². The Kier molecular flexibility index (Phi) is 5.32. The molecular formula is C27H21N3O3. The van der Waals surface area contributed by atoms with Crippen LogP contribution in [0, 0.1) is 6.92 Å². The van der Waals surface area contributed by atoms with E-state index < -0.39 is 0 Å². The number of anilines is 1. The second-order valence-corrected chi connectivity index (χ2v) is 7.68. The first kappa shape index (κ1) is 20.5. The SMILES string of the molecule is Cc1nc2ccccc2c(=O)n1-c1ccc(NC(=O)COc2cccc3ccccc23)cc1. The molecule has 0 spiro atoms. The number of aryl methyl sites for hydroxylation is 1. The lowest BCUT2D eigenvalue weighted by atomic mass is 10.1. The molecule has 6 nitrogen and oxygen atoms in total. The normalized spacial score (nSPS) is 10.9. The Hall–Kier alpha value is -4.45. The van der Waals surface area contributed by atoms with Crippen molar-refractivity contribution in [2.75, 3.05) is 11.9 Å².